The molecule has 21 heavy (non-hydrogen) atoms. The lowest BCUT2D eigenvalue weighted by molar-refractivity contribution is 0.0763. The van der Waals surface area contributed by atoms with E-state index in [0.717, 1.165) is 11.1 Å². The monoisotopic (exact) mass is 288 g/mol. The van der Waals surface area contributed by atoms with Crippen LogP contribution in [0.5, 0.6) is 5.75 Å². The van der Waals surface area contributed by atoms with Crippen molar-refractivity contribution in [1.82, 2.24) is 9.78 Å². The third-order valence-electron chi connectivity index (χ3n) is 3.35. The van der Waals surface area contributed by atoms with Crippen LogP contribution in [0.15, 0.2) is 29.1 Å². The molecule has 0 saturated carbocycles. The minimum Gasteiger partial charge on any atom is -0.496 e. The van der Waals surface area contributed by atoms with Crippen molar-refractivity contribution in [2.24, 2.45) is 7.05 Å². The van der Waals surface area contributed by atoms with Gasteiger partial charge in [-0.05, 0) is 39.0 Å². The first-order chi connectivity index (χ1) is 9.74. The van der Waals surface area contributed by atoms with Crippen molar-refractivity contribution in [3.63, 3.8) is 0 Å². The van der Waals surface area contributed by atoms with Crippen LogP contribution in [-0.4, -0.2) is 22.0 Å². The molecule has 0 aliphatic heterocycles. The first-order valence-corrected chi connectivity index (χ1v) is 6.70. The molecule has 5 heteroatoms. The summed E-state index contributed by atoms with van der Waals surface area (Å²) in [6, 6.07) is 7.38. The Morgan fingerprint density at radius 3 is 2.52 bits per heavy atom. The molecule has 0 spiro atoms. The molecule has 0 aliphatic carbocycles. The number of aryl methyl sites for hydroxylation is 2. The standard InChI is InChI=1S/C16H20N2O3/c1-10-6-7-14(21-5)11(8-10)13-9-12(16(2,3)20)15(19)18(4)17-13/h6-9,20H,1-5H3. The fraction of sp³-hybridized carbons (Fsp3) is 0.375. The van der Waals surface area contributed by atoms with Crippen molar-refractivity contribution in [2.45, 2.75) is 26.4 Å². The zero-order valence-corrected chi connectivity index (χ0v) is 13.0. The van der Waals surface area contributed by atoms with Crippen LogP contribution in [0.4, 0.5) is 0 Å². The average Bonchev–Trinajstić information content (AvgIpc) is 2.40. The molecule has 0 unspecified atom stereocenters. The molecule has 2 rings (SSSR count). The van der Waals surface area contributed by atoms with Crippen LogP contribution in [0.2, 0.25) is 0 Å². The van der Waals surface area contributed by atoms with E-state index in [4.69, 9.17) is 4.74 Å². The first kappa shape index (κ1) is 15.3. The second-order valence-corrected chi connectivity index (χ2v) is 5.63. The van der Waals surface area contributed by atoms with Gasteiger partial charge in [0, 0.05) is 12.6 Å². The summed E-state index contributed by atoms with van der Waals surface area (Å²) < 4.78 is 6.60. The van der Waals surface area contributed by atoms with Gasteiger partial charge in [0.2, 0.25) is 0 Å². The number of nitrogens with zero attached hydrogens (tertiary/aromatic N) is 2. The smallest absolute Gasteiger partial charge is 0.272 e. The molecule has 2 aromatic rings. The van der Waals surface area contributed by atoms with Gasteiger partial charge in [0.15, 0.2) is 0 Å². The summed E-state index contributed by atoms with van der Waals surface area (Å²) in [4.78, 5) is 12.1. The molecule has 1 aromatic heterocycles. The maximum atomic E-state index is 12.1. The molecular weight excluding hydrogens is 268 g/mol. The van der Waals surface area contributed by atoms with Gasteiger partial charge >= 0.3 is 0 Å². The van der Waals surface area contributed by atoms with Gasteiger partial charge in [0.05, 0.1) is 24.0 Å². The lowest BCUT2D eigenvalue weighted by Gasteiger charge is -2.19. The Labute approximate surface area is 123 Å². The SMILES string of the molecule is COc1ccc(C)cc1-c1cc(C(C)(C)O)c(=O)n(C)n1. The lowest BCUT2D eigenvalue weighted by Crippen LogP contribution is -2.32. The van der Waals surface area contributed by atoms with Crippen LogP contribution in [0.1, 0.15) is 25.0 Å². The average molecular weight is 288 g/mol. The van der Waals surface area contributed by atoms with Gasteiger partial charge in [-0.25, -0.2) is 4.68 Å². The highest BCUT2D eigenvalue weighted by molar-refractivity contribution is 5.68. The first-order valence-electron chi connectivity index (χ1n) is 6.70. The van der Waals surface area contributed by atoms with Gasteiger partial charge < -0.3 is 9.84 Å². The zero-order chi connectivity index (χ0) is 15.8. The van der Waals surface area contributed by atoms with Gasteiger partial charge in [-0.1, -0.05) is 11.6 Å². The third kappa shape index (κ3) is 2.97. The Hall–Kier alpha value is -2.14. The van der Waals surface area contributed by atoms with E-state index in [1.807, 2.05) is 25.1 Å². The van der Waals surface area contributed by atoms with Gasteiger partial charge in [0.25, 0.3) is 5.56 Å². The fourth-order valence-corrected chi connectivity index (χ4v) is 2.20. The van der Waals surface area contributed by atoms with Crippen LogP contribution in [-0.2, 0) is 12.6 Å². The molecule has 5 nitrogen and oxygen atoms in total. The van der Waals surface area contributed by atoms with Gasteiger partial charge in [-0.3, -0.25) is 4.79 Å². The van der Waals surface area contributed by atoms with E-state index in [1.165, 1.54) is 4.68 Å². The number of rotatable bonds is 3. The highest BCUT2D eigenvalue weighted by Gasteiger charge is 2.23. The summed E-state index contributed by atoms with van der Waals surface area (Å²) in [6.07, 6.45) is 0. The second kappa shape index (κ2) is 5.33. The molecule has 0 amide bonds. The Morgan fingerprint density at radius 1 is 1.29 bits per heavy atom. The zero-order valence-electron chi connectivity index (χ0n) is 13.0. The Morgan fingerprint density at radius 2 is 1.95 bits per heavy atom. The van der Waals surface area contributed by atoms with E-state index in [-0.39, 0.29) is 5.56 Å². The highest BCUT2D eigenvalue weighted by atomic mass is 16.5. The van der Waals surface area contributed by atoms with Gasteiger partial charge in [-0.15, -0.1) is 0 Å². The second-order valence-electron chi connectivity index (χ2n) is 5.63. The predicted octanol–water partition coefficient (Wildman–Crippen LogP) is 1.99. The summed E-state index contributed by atoms with van der Waals surface area (Å²) >= 11 is 0. The number of hydrogen-bond acceptors (Lipinski definition) is 4. The molecule has 1 aromatic carbocycles. The van der Waals surface area contributed by atoms with Crippen LogP contribution in [0, 0.1) is 6.92 Å². The number of benzene rings is 1. The van der Waals surface area contributed by atoms with Crippen molar-refractivity contribution >= 4 is 0 Å². The van der Waals surface area contributed by atoms with Crippen molar-refractivity contribution in [3.8, 4) is 17.0 Å². The summed E-state index contributed by atoms with van der Waals surface area (Å²) in [7, 11) is 3.16. The Balaban J connectivity index is 2.74. The molecule has 0 radical (unpaired) electrons. The Bertz CT molecular complexity index is 727. The molecule has 112 valence electrons. The maximum absolute atomic E-state index is 12.1. The molecule has 1 heterocycles. The predicted molar refractivity (Wildman–Crippen MR) is 81.4 cm³/mol. The largest absolute Gasteiger partial charge is 0.496 e. The number of aliphatic hydroxyl groups is 1. The van der Waals surface area contributed by atoms with Crippen molar-refractivity contribution in [1.29, 1.82) is 0 Å². The Kier molecular flexibility index (Phi) is 3.87. The number of hydrogen-bond donors (Lipinski definition) is 1. The summed E-state index contributed by atoms with van der Waals surface area (Å²) in [5.74, 6) is 0.674. The van der Waals surface area contributed by atoms with Gasteiger partial charge in [-0.2, -0.15) is 5.10 Å². The topological polar surface area (TPSA) is 64.3 Å². The molecule has 0 fully saturated rings. The molecule has 1 N–H and O–H groups in total. The number of ether oxygens (including phenoxy) is 1. The number of methoxy groups -OCH3 is 1. The lowest BCUT2D eigenvalue weighted by atomic mass is 9.98. The van der Waals surface area contributed by atoms with Crippen molar-refractivity contribution in [3.05, 3.63) is 45.7 Å². The van der Waals surface area contributed by atoms with Crippen molar-refractivity contribution in [2.75, 3.05) is 7.11 Å². The summed E-state index contributed by atoms with van der Waals surface area (Å²) in [5.41, 5.74) is 1.21. The molecule has 0 saturated heterocycles. The van der Waals surface area contributed by atoms with Crippen molar-refractivity contribution < 1.29 is 9.84 Å². The minimum absolute atomic E-state index is 0.304. The van der Waals surface area contributed by atoms with E-state index in [0.29, 0.717) is 17.0 Å². The normalized spacial score (nSPS) is 11.5. The van der Waals surface area contributed by atoms with Crippen LogP contribution < -0.4 is 10.3 Å². The molecule has 0 bridgehead atoms. The maximum Gasteiger partial charge on any atom is 0.272 e. The summed E-state index contributed by atoms with van der Waals surface area (Å²) in [6.45, 7) is 5.14. The van der Waals surface area contributed by atoms with Crippen LogP contribution in [0.3, 0.4) is 0 Å². The summed E-state index contributed by atoms with van der Waals surface area (Å²) in [5, 5.41) is 14.5. The van der Waals surface area contributed by atoms with Crippen LogP contribution >= 0.6 is 0 Å². The van der Waals surface area contributed by atoms with E-state index in [9.17, 15) is 9.90 Å². The van der Waals surface area contributed by atoms with Crippen LogP contribution in [0.25, 0.3) is 11.3 Å². The molecule has 0 aliphatic rings. The van der Waals surface area contributed by atoms with E-state index in [1.54, 1.807) is 34.1 Å². The number of aromatic nitrogens is 2. The van der Waals surface area contributed by atoms with E-state index < -0.39 is 5.60 Å². The van der Waals surface area contributed by atoms with Gasteiger partial charge in [0.1, 0.15) is 5.75 Å². The van der Waals surface area contributed by atoms with E-state index in [2.05, 4.69) is 5.10 Å². The molecule has 0 atom stereocenters. The highest BCUT2D eigenvalue weighted by Crippen LogP contribution is 2.30. The minimum atomic E-state index is -1.23. The van der Waals surface area contributed by atoms with E-state index >= 15 is 0 Å². The third-order valence-corrected chi connectivity index (χ3v) is 3.35. The fourth-order valence-electron chi connectivity index (χ4n) is 2.20. The quantitative estimate of drug-likeness (QED) is 0.938. The molecular formula is C16H20N2O3.